The van der Waals surface area contributed by atoms with Gasteiger partial charge in [-0.25, -0.2) is 8.42 Å². The maximum absolute atomic E-state index is 14.1. The molecule has 3 aromatic carbocycles. The molecule has 0 heterocycles. The normalized spacial score (nSPS) is 12.2. The van der Waals surface area contributed by atoms with Gasteiger partial charge in [-0.2, -0.15) is 0 Å². The number of hydrogen-bond donors (Lipinski definition) is 1. The number of nitrogens with zero attached hydrogens (tertiary/aromatic N) is 2. The third-order valence-electron chi connectivity index (χ3n) is 6.11. The van der Waals surface area contributed by atoms with Gasteiger partial charge < -0.3 is 10.2 Å². The molecule has 0 aliphatic heterocycles. The highest BCUT2D eigenvalue weighted by atomic mass is 35.5. The van der Waals surface area contributed by atoms with E-state index in [4.69, 9.17) is 34.8 Å². The molecule has 0 aliphatic carbocycles. The van der Waals surface area contributed by atoms with E-state index in [9.17, 15) is 18.0 Å². The van der Waals surface area contributed by atoms with Crippen molar-refractivity contribution in [1.82, 2.24) is 10.2 Å². The molecule has 0 saturated carbocycles. The molecule has 0 radical (unpaired) electrons. The van der Waals surface area contributed by atoms with Gasteiger partial charge >= 0.3 is 0 Å². The predicted octanol–water partition coefficient (Wildman–Crippen LogP) is 5.89. The minimum absolute atomic E-state index is 0.00782. The van der Waals surface area contributed by atoms with E-state index in [0.29, 0.717) is 0 Å². The van der Waals surface area contributed by atoms with Gasteiger partial charge in [-0.1, -0.05) is 95.0 Å². The van der Waals surface area contributed by atoms with Crippen molar-refractivity contribution in [2.24, 2.45) is 0 Å². The Kier molecular flexibility index (Phi) is 10.9. The van der Waals surface area contributed by atoms with Crippen molar-refractivity contribution >= 4 is 62.3 Å². The Morgan fingerprint density at radius 1 is 0.875 bits per heavy atom. The van der Waals surface area contributed by atoms with Crippen LogP contribution < -0.4 is 9.62 Å². The van der Waals surface area contributed by atoms with Crippen LogP contribution in [0.1, 0.15) is 30.5 Å². The molecule has 40 heavy (non-hydrogen) atoms. The number of hydrogen-bond acceptors (Lipinski definition) is 4. The molecule has 0 aromatic heterocycles. The van der Waals surface area contributed by atoms with Crippen LogP contribution in [-0.2, 0) is 32.6 Å². The summed E-state index contributed by atoms with van der Waals surface area (Å²) >= 11 is 18.6. The van der Waals surface area contributed by atoms with Gasteiger partial charge in [0, 0.05) is 19.0 Å². The lowest BCUT2D eigenvalue weighted by molar-refractivity contribution is -0.140. The second-order valence-corrected chi connectivity index (χ2v) is 13.0. The Balaban J connectivity index is 2.09. The van der Waals surface area contributed by atoms with E-state index in [2.05, 4.69) is 5.32 Å². The zero-order chi connectivity index (χ0) is 29.6. The van der Waals surface area contributed by atoms with Crippen molar-refractivity contribution in [1.29, 1.82) is 0 Å². The number of carbonyl (C=O) groups is 2. The first-order valence-electron chi connectivity index (χ1n) is 12.6. The largest absolute Gasteiger partial charge is 0.352 e. The van der Waals surface area contributed by atoms with Crippen LogP contribution in [0.5, 0.6) is 0 Å². The van der Waals surface area contributed by atoms with Crippen molar-refractivity contribution in [3.05, 3.63) is 98.5 Å². The van der Waals surface area contributed by atoms with Gasteiger partial charge in [0.25, 0.3) is 0 Å². The van der Waals surface area contributed by atoms with Crippen LogP contribution in [0, 0.1) is 6.92 Å². The van der Waals surface area contributed by atoms with Crippen LogP contribution in [-0.4, -0.2) is 50.0 Å². The molecule has 0 bridgehead atoms. The van der Waals surface area contributed by atoms with Crippen LogP contribution in [0.15, 0.2) is 66.7 Å². The van der Waals surface area contributed by atoms with E-state index in [1.807, 2.05) is 75.4 Å². The molecule has 2 amide bonds. The van der Waals surface area contributed by atoms with Crippen LogP contribution in [0.3, 0.4) is 0 Å². The summed E-state index contributed by atoms with van der Waals surface area (Å²) in [5, 5.41) is 3.15. The summed E-state index contributed by atoms with van der Waals surface area (Å²) in [6, 6.07) is 18.4. The van der Waals surface area contributed by atoms with Crippen molar-refractivity contribution in [3.63, 3.8) is 0 Å². The van der Waals surface area contributed by atoms with Gasteiger partial charge in [0.2, 0.25) is 21.8 Å². The van der Waals surface area contributed by atoms with Crippen LogP contribution in [0.4, 0.5) is 5.69 Å². The fraction of sp³-hybridized carbons (Fsp3) is 0.310. The minimum Gasteiger partial charge on any atom is -0.352 e. The minimum atomic E-state index is -4.00. The molecule has 214 valence electrons. The van der Waals surface area contributed by atoms with Gasteiger partial charge in [-0.05, 0) is 44.0 Å². The summed E-state index contributed by atoms with van der Waals surface area (Å²) in [5.41, 5.74) is 2.68. The van der Waals surface area contributed by atoms with Crippen LogP contribution in [0.25, 0.3) is 0 Å². The lowest BCUT2D eigenvalue weighted by Gasteiger charge is -2.34. The van der Waals surface area contributed by atoms with E-state index in [-0.39, 0.29) is 45.7 Å². The van der Waals surface area contributed by atoms with Gasteiger partial charge in [0.05, 0.1) is 27.0 Å². The first-order valence-corrected chi connectivity index (χ1v) is 15.6. The van der Waals surface area contributed by atoms with Crippen molar-refractivity contribution < 1.29 is 18.0 Å². The van der Waals surface area contributed by atoms with Crippen LogP contribution in [0.2, 0.25) is 15.1 Å². The number of anilines is 1. The molecule has 0 fully saturated rings. The average Bonchev–Trinajstić information content (AvgIpc) is 2.87. The number of carbonyl (C=O) groups excluding carboxylic acids is 2. The van der Waals surface area contributed by atoms with Gasteiger partial charge in [0.15, 0.2) is 0 Å². The predicted molar refractivity (Wildman–Crippen MR) is 163 cm³/mol. The number of benzene rings is 3. The van der Waals surface area contributed by atoms with Gasteiger partial charge in [-0.15, -0.1) is 0 Å². The van der Waals surface area contributed by atoms with Crippen molar-refractivity contribution in [2.45, 2.75) is 45.8 Å². The van der Waals surface area contributed by atoms with Gasteiger partial charge in [0.1, 0.15) is 12.6 Å². The SMILES string of the molecule is Cc1ccc(CN(C(=O)CN(c2cc(Cl)c(Cl)cc2Cl)S(C)(=O)=O)C(Cc2ccccc2)C(=O)NC(C)C)cc1. The molecule has 3 rings (SSSR count). The Morgan fingerprint density at radius 3 is 2.05 bits per heavy atom. The number of sulfonamides is 1. The zero-order valence-electron chi connectivity index (χ0n) is 22.7. The van der Waals surface area contributed by atoms with E-state index in [1.54, 1.807) is 0 Å². The zero-order valence-corrected chi connectivity index (χ0v) is 25.8. The third-order valence-corrected chi connectivity index (χ3v) is 8.26. The molecule has 11 heteroatoms. The lowest BCUT2D eigenvalue weighted by Crippen LogP contribution is -2.54. The lowest BCUT2D eigenvalue weighted by atomic mass is 10.0. The first kappa shape index (κ1) is 31.7. The standard InChI is InChI=1S/C29H32Cl3N3O4S/c1-19(2)33-29(37)27(14-21-8-6-5-7-9-21)34(17-22-12-10-20(3)11-13-22)28(36)18-35(40(4,38)39)26-16-24(31)23(30)15-25(26)32/h5-13,15-16,19,27H,14,17-18H2,1-4H3,(H,33,37). The summed E-state index contributed by atoms with van der Waals surface area (Å²) in [7, 11) is -4.00. The van der Waals surface area contributed by atoms with E-state index in [0.717, 1.165) is 27.3 Å². The molecule has 3 aromatic rings. The second-order valence-electron chi connectivity index (χ2n) is 9.86. The average molecular weight is 625 g/mol. The van der Waals surface area contributed by atoms with E-state index in [1.165, 1.54) is 17.0 Å². The molecule has 7 nitrogen and oxygen atoms in total. The maximum Gasteiger partial charge on any atom is 0.244 e. The molecule has 0 aliphatic rings. The Bertz CT molecular complexity index is 1450. The number of nitrogens with one attached hydrogen (secondary N) is 1. The number of rotatable bonds is 11. The molecule has 1 atom stereocenters. The van der Waals surface area contributed by atoms with E-state index >= 15 is 0 Å². The fourth-order valence-corrected chi connectivity index (χ4v) is 5.67. The Labute approximate surface area is 251 Å². The first-order chi connectivity index (χ1) is 18.8. The summed E-state index contributed by atoms with van der Waals surface area (Å²) in [5.74, 6) is -0.939. The molecule has 0 saturated heterocycles. The number of aryl methyl sites for hydroxylation is 1. The monoisotopic (exact) mass is 623 g/mol. The van der Waals surface area contributed by atoms with Crippen LogP contribution >= 0.6 is 34.8 Å². The molecule has 1 N–H and O–H groups in total. The quantitative estimate of drug-likeness (QED) is 0.270. The van der Waals surface area contributed by atoms with Gasteiger partial charge in [-0.3, -0.25) is 13.9 Å². The smallest absolute Gasteiger partial charge is 0.244 e. The number of amides is 2. The molecule has 1 unspecified atom stereocenters. The van der Waals surface area contributed by atoms with E-state index < -0.39 is 28.5 Å². The highest BCUT2D eigenvalue weighted by Gasteiger charge is 2.34. The summed E-state index contributed by atoms with van der Waals surface area (Å²) in [4.78, 5) is 29.0. The highest BCUT2D eigenvalue weighted by molar-refractivity contribution is 7.92. The van der Waals surface area contributed by atoms with Crippen molar-refractivity contribution in [2.75, 3.05) is 17.1 Å². The fourth-order valence-electron chi connectivity index (χ4n) is 4.12. The second kappa shape index (κ2) is 13.7. The highest BCUT2D eigenvalue weighted by Crippen LogP contribution is 2.35. The molecular formula is C29H32Cl3N3O4S. The summed E-state index contributed by atoms with van der Waals surface area (Å²) in [6.07, 6.45) is 1.19. The third kappa shape index (κ3) is 8.61. The Hall–Kier alpha value is -2.78. The number of halogens is 3. The topological polar surface area (TPSA) is 86.8 Å². The molecular weight excluding hydrogens is 593 g/mol. The Morgan fingerprint density at radius 2 is 1.48 bits per heavy atom. The van der Waals surface area contributed by atoms with Crippen molar-refractivity contribution in [3.8, 4) is 0 Å². The summed E-state index contributed by atoms with van der Waals surface area (Å²) < 4.78 is 26.7. The summed E-state index contributed by atoms with van der Waals surface area (Å²) in [6.45, 7) is 5.09. The molecule has 0 spiro atoms. The maximum atomic E-state index is 14.1.